The molecule has 0 fully saturated rings. The Labute approximate surface area is 119 Å². The summed E-state index contributed by atoms with van der Waals surface area (Å²) in [5.74, 6) is 1.46. The molecule has 0 aliphatic heterocycles. The van der Waals surface area contributed by atoms with Gasteiger partial charge in [-0.1, -0.05) is 18.2 Å². The molecular weight excluding hydrogens is 250 g/mol. The Morgan fingerprint density at radius 2 is 1.70 bits per heavy atom. The highest BCUT2D eigenvalue weighted by molar-refractivity contribution is 5.53. The Bertz CT molecular complexity index is 639. The first-order valence-corrected chi connectivity index (χ1v) is 6.39. The number of rotatable bonds is 4. The largest absolute Gasteiger partial charge is 0.497 e. The summed E-state index contributed by atoms with van der Waals surface area (Å²) >= 11 is 0. The minimum Gasteiger partial charge on any atom is -0.497 e. The normalized spacial score (nSPS) is 9.90. The molecular formula is C17H17NO2. The van der Waals surface area contributed by atoms with Crippen LogP contribution >= 0.6 is 0 Å². The van der Waals surface area contributed by atoms with Gasteiger partial charge in [0.2, 0.25) is 0 Å². The summed E-state index contributed by atoms with van der Waals surface area (Å²) in [5, 5.41) is 9.37. The first-order chi connectivity index (χ1) is 9.69. The molecule has 0 heterocycles. The second kappa shape index (κ2) is 6.12. The zero-order valence-corrected chi connectivity index (χ0v) is 11.9. The van der Waals surface area contributed by atoms with Crippen LogP contribution in [0.4, 0.5) is 0 Å². The van der Waals surface area contributed by atoms with E-state index in [4.69, 9.17) is 9.47 Å². The number of hydrogen-bond donors (Lipinski definition) is 0. The van der Waals surface area contributed by atoms with Crippen LogP contribution in [-0.2, 0) is 6.42 Å². The molecule has 0 N–H and O–H groups in total. The third-order valence-electron chi connectivity index (χ3n) is 3.38. The third-order valence-corrected chi connectivity index (χ3v) is 3.38. The van der Waals surface area contributed by atoms with Gasteiger partial charge in [0, 0.05) is 0 Å². The van der Waals surface area contributed by atoms with E-state index in [1.165, 1.54) is 0 Å². The summed E-state index contributed by atoms with van der Waals surface area (Å²) in [7, 11) is 3.23. The SMILES string of the molecule is COc1ccc(Cc2c(C)ccc(OC)c2C#N)cc1. The Balaban J connectivity index is 2.39. The van der Waals surface area contributed by atoms with Crippen LogP contribution in [0, 0.1) is 18.3 Å². The zero-order valence-electron chi connectivity index (χ0n) is 11.9. The first kappa shape index (κ1) is 14.0. The molecule has 20 heavy (non-hydrogen) atoms. The Morgan fingerprint density at radius 1 is 1.00 bits per heavy atom. The maximum absolute atomic E-state index is 9.37. The van der Waals surface area contributed by atoms with Crippen LogP contribution in [0.25, 0.3) is 0 Å². The molecule has 0 bridgehead atoms. The van der Waals surface area contributed by atoms with Gasteiger partial charge in [0.1, 0.15) is 17.6 Å². The van der Waals surface area contributed by atoms with Crippen molar-refractivity contribution in [3.63, 3.8) is 0 Å². The minimum absolute atomic E-state index is 0.614. The van der Waals surface area contributed by atoms with Gasteiger partial charge in [-0.15, -0.1) is 0 Å². The van der Waals surface area contributed by atoms with E-state index < -0.39 is 0 Å². The van der Waals surface area contributed by atoms with Gasteiger partial charge in [0.15, 0.2) is 0 Å². The van der Waals surface area contributed by atoms with Crippen LogP contribution < -0.4 is 9.47 Å². The van der Waals surface area contributed by atoms with Crippen LogP contribution in [0.3, 0.4) is 0 Å². The van der Waals surface area contributed by atoms with E-state index in [9.17, 15) is 5.26 Å². The highest BCUT2D eigenvalue weighted by Gasteiger charge is 2.12. The summed E-state index contributed by atoms with van der Waals surface area (Å²) in [4.78, 5) is 0. The van der Waals surface area contributed by atoms with Crippen LogP contribution in [0.2, 0.25) is 0 Å². The smallest absolute Gasteiger partial charge is 0.136 e. The molecule has 0 spiro atoms. The van der Waals surface area contributed by atoms with Gasteiger partial charge in [-0.05, 0) is 48.2 Å². The molecule has 3 nitrogen and oxygen atoms in total. The van der Waals surface area contributed by atoms with Gasteiger partial charge < -0.3 is 9.47 Å². The second-order valence-electron chi connectivity index (χ2n) is 4.57. The van der Waals surface area contributed by atoms with Crippen molar-refractivity contribution >= 4 is 0 Å². The molecule has 0 aliphatic rings. The van der Waals surface area contributed by atoms with Gasteiger partial charge >= 0.3 is 0 Å². The average Bonchev–Trinajstić information content (AvgIpc) is 2.49. The van der Waals surface area contributed by atoms with Crippen molar-refractivity contribution in [2.45, 2.75) is 13.3 Å². The third kappa shape index (κ3) is 2.75. The lowest BCUT2D eigenvalue weighted by Gasteiger charge is -2.12. The van der Waals surface area contributed by atoms with Crippen LogP contribution in [0.15, 0.2) is 36.4 Å². The summed E-state index contributed by atoms with van der Waals surface area (Å²) in [6, 6.07) is 14.0. The van der Waals surface area contributed by atoms with Crippen molar-refractivity contribution in [2.24, 2.45) is 0 Å². The number of ether oxygens (including phenoxy) is 2. The highest BCUT2D eigenvalue weighted by atomic mass is 16.5. The van der Waals surface area contributed by atoms with Crippen molar-refractivity contribution in [1.82, 2.24) is 0 Å². The quantitative estimate of drug-likeness (QED) is 0.851. The van der Waals surface area contributed by atoms with E-state index in [-0.39, 0.29) is 0 Å². The number of methoxy groups -OCH3 is 2. The van der Waals surface area contributed by atoms with Gasteiger partial charge in [-0.3, -0.25) is 0 Å². The Hall–Kier alpha value is -2.47. The van der Waals surface area contributed by atoms with E-state index in [2.05, 4.69) is 6.07 Å². The lowest BCUT2D eigenvalue weighted by molar-refractivity contribution is 0.412. The predicted molar refractivity (Wildman–Crippen MR) is 78.2 cm³/mol. The van der Waals surface area contributed by atoms with Crippen LogP contribution in [0.1, 0.15) is 22.3 Å². The fourth-order valence-corrected chi connectivity index (χ4v) is 2.20. The highest BCUT2D eigenvalue weighted by Crippen LogP contribution is 2.27. The summed E-state index contributed by atoms with van der Waals surface area (Å²) in [6.07, 6.45) is 0.704. The summed E-state index contributed by atoms with van der Waals surface area (Å²) < 4.78 is 10.4. The standard InChI is InChI=1S/C17H17NO2/c1-12-4-9-17(20-3)16(11-18)15(12)10-13-5-7-14(19-2)8-6-13/h4-9H,10H2,1-3H3. The average molecular weight is 267 g/mol. The molecule has 0 saturated heterocycles. The Morgan fingerprint density at radius 3 is 2.25 bits per heavy atom. The number of aryl methyl sites for hydroxylation is 1. The molecule has 0 aromatic heterocycles. The topological polar surface area (TPSA) is 42.2 Å². The fourth-order valence-electron chi connectivity index (χ4n) is 2.20. The van der Waals surface area contributed by atoms with E-state index in [1.54, 1.807) is 14.2 Å². The van der Waals surface area contributed by atoms with Gasteiger partial charge in [-0.2, -0.15) is 5.26 Å². The minimum atomic E-state index is 0.614. The molecule has 0 aliphatic carbocycles. The van der Waals surface area contributed by atoms with Crippen molar-refractivity contribution in [3.05, 3.63) is 58.7 Å². The lowest BCUT2D eigenvalue weighted by Crippen LogP contribution is -1.99. The van der Waals surface area contributed by atoms with Crippen molar-refractivity contribution < 1.29 is 9.47 Å². The zero-order chi connectivity index (χ0) is 14.5. The maximum Gasteiger partial charge on any atom is 0.136 e. The number of nitrogens with zero attached hydrogens (tertiary/aromatic N) is 1. The van der Waals surface area contributed by atoms with Crippen molar-refractivity contribution in [3.8, 4) is 17.6 Å². The summed E-state index contributed by atoms with van der Waals surface area (Å²) in [5.41, 5.74) is 3.86. The van der Waals surface area contributed by atoms with Gasteiger partial charge in [0.25, 0.3) is 0 Å². The van der Waals surface area contributed by atoms with Crippen molar-refractivity contribution in [1.29, 1.82) is 5.26 Å². The van der Waals surface area contributed by atoms with Gasteiger partial charge in [-0.25, -0.2) is 0 Å². The van der Waals surface area contributed by atoms with Crippen LogP contribution in [0.5, 0.6) is 11.5 Å². The number of nitriles is 1. The molecule has 2 aromatic rings. The van der Waals surface area contributed by atoms with E-state index in [1.807, 2.05) is 43.3 Å². The fraction of sp³-hybridized carbons (Fsp3) is 0.235. The van der Waals surface area contributed by atoms with E-state index >= 15 is 0 Å². The molecule has 2 rings (SSSR count). The van der Waals surface area contributed by atoms with E-state index in [0.717, 1.165) is 22.4 Å². The first-order valence-electron chi connectivity index (χ1n) is 6.39. The molecule has 0 saturated carbocycles. The van der Waals surface area contributed by atoms with E-state index in [0.29, 0.717) is 17.7 Å². The molecule has 0 atom stereocenters. The molecule has 3 heteroatoms. The number of benzene rings is 2. The summed E-state index contributed by atoms with van der Waals surface area (Å²) in [6.45, 7) is 2.01. The maximum atomic E-state index is 9.37. The molecule has 2 aromatic carbocycles. The lowest BCUT2D eigenvalue weighted by atomic mass is 9.95. The number of hydrogen-bond acceptors (Lipinski definition) is 3. The molecule has 0 unspecified atom stereocenters. The van der Waals surface area contributed by atoms with Crippen LogP contribution in [-0.4, -0.2) is 14.2 Å². The van der Waals surface area contributed by atoms with Gasteiger partial charge in [0.05, 0.1) is 19.8 Å². The molecule has 0 amide bonds. The van der Waals surface area contributed by atoms with Crippen molar-refractivity contribution in [2.75, 3.05) is 14.2 Å². The molecule has 0 radical (unpaired) electrons. The monoisotopic (exact) mass is 267 g/mol. The predicted octanol–water partition coefficient (Wildman–Crippen LogP) is 3.47. The Kier molecular flexibility index (Phi) is 4.27. The molecule has 102 valence electrons. The second-order valence-corrected chi connectivity index (χ2v) is 4.57.